The van der Waals surface area contributed by atoms with Crippen molar-refractivity contribution in [2.75, 3.05) is 12.4 Å². The second-order valence-corrected chi connectivity index (χ2v) is 5.20. The van der Waals surface area contributed by atoms with E-state index in [2.05, 4.69) is 20.5 Å². The van der Waals surface area contributed by atoms with Gasteiger partial charge in [0.1, 0.15) is 5.69 Å². The summed E-state index contributed by atoms with van der Waals surface area (Å²) in [5, 5.41) is 20.2. The van der Waals surface area contributed by atoms with Gasteiger partial charge in [-0.05, 0) is 12.1 Å². The molecular weight excluding hydrogens is 310 g/mol. The van der Waals surface area contributed by atoms with E-state index in [0.717, 1.165) is 5.56 Å². The molecule has 6 heteroatoms. The van der Waals surface area contributed by atoms with Crippen LogP contribution in [0.2, 0.25) is 5.02 Å². The number of nitrogens with zero attached hydrogens (tertiary/aromatic N) is 3. The number of nitrogens with one attached hydrogen (secondary N) is 2. The Morgan fingerprint density at radius 1 is 1.09 bits per heavy atom. The van der Waals surface area contributed by atoms with Gasteiger partial charge in [-0.3, -0.25) is 10.4 Å². The average molecular weight is 324 g/mol. The summed E-state index contributed by atoms with van der Waals surface area (Å²) in [6.45, 7) is 0. The molecule has 0 saturated heterocycles. The van der Waals surface area contributed by atoms with Gasteiger partial charge in [0.2, 0.25) is 0 Å². The van der Waals surface area contributed by atoms with Crippen molar-refractivity contribution >= 4 is 23.1 Å². The Kier molecular flexibility index (Phi) is 4.30. The summed E-state index contributed by atoms with van der Waals surface area (Å²) in [7, 11) is 1.72. The van der Waals surface area contributed by atoms with Gasteiger partial charge in [-0.2, -0.15) is 0 Å². The minimum atomic E-state index is 0.250. The van der Waals surface area contributed by atoms with E-state index < -0.39 is 0 Å². The van der Waals surface area contributed by atoms with Crippen molar-refractivity contribution < 1.29 is 0 Å². The molecule has 0 bridgehead atoms. The number of hydrogen-bond acceptors (Lipinski definition) is 5. The van der Waals surface area contributed by atoms with Crippen LogP contribution in [0.3, 0.4) is 0 Å². The highest BCUT2D eigenvalue weighted by Gasteiger charge is 2.20. The van der Waals surface area contributed by atoms with E-state index in [1.165, 1.54) is 0 Å². The lowest BCUT2D eigenvalue weighted by Gasteiger charge is -2.13. The Balaban J connectivity index is 2.17. The monoisotopic (exact) mass is 323 g/mol. The van der Waals surface area contributed by atoms with Crippen LogP contribution in [0.15, 0.2) is 54.9 Å². The van der Waals surface area contributed by atoms with Crippen LogP contribution in [0.25, 0.3) is 11.3 Å². The zero-order valence-electron chi connectivity index (χ0n) is 12.4. The molecular formula is C17H14ClN5. The van der Waals surface area contributed by atoms with Gasteiger partial charge < -0.3 is 5.32 Å². The fourth-order valence-corrected chi connectivity index (χ4v) is 2.59. The fraction of sp³-hybridized carbons (Fsp3) is 0.0588. The molecule has 2 aromatic heterocycles. The summed E-state index contributed by atoms with van der Waals surface area (Å²) in [5.74, 6) is 0.462. The maximum Gasteiger partial charge on any atom is 0.159 e. The number of anilines is 1. The first-order valence-electron chi connectivity index (χ1n) is 7.01. The molecule has 0 amide bonds. The topological polar surface area (TPSA) is 74.6 Å². The van der Waals surface area contributed by atoms with E-state index in [1.807, 2.05) is 36.4 Å². The Morgan fingerprint density at radius 2 is 1.87 bits per heavy atom. The summed E-state index contributed by atoms with van der Waals surface area (Å²) in [6, 6.07) is 13.2. The molecule has 114 valence electrons. The smallest absolute Gasteiger partial charge is 0.159 e. The molecule has 0 fully saturated rings. The quantitative estimate of drug-likeness (QED) is 0.719. The Hall–Kier alpha value is -2.79. The van der Waals surface area contributed by atoms with Crippen LogP contribution >= 0.6 is 11.6 Å². The number of pyridine rings is 1. The second-order valence-electron chi connectivity index (χ2n) is 4.82. The maximum atomic E-state index is 8.48. The molecule has 0 spiro atoms. The molecule has 0 saturated carbocycles. The molecule has 2 N–H and O–H groups in total. The van der Waals surface area contributed by atoms with Crippen LogP contribution in [0.1, 0.15) is 11.1 Å². The normalized spacial score (nSPS) is 10.3. The lowest BCUT2D eigenvalue weighted by molar-refractivity contribution is 1.03. The molecule has 0 unspecified atom stereocenters. The van der Waals surface area contributed by atoms with E-state index in [1.54, 1.807) is 25.5 Å². The molecule has 2 heterocycles. The lowest BCUT2D eigenvalue weighted by Crippen LogP contribution is -2.10. The Labute approximate surface area is 138 Å². The van der Waals surface area contributed by atoms with Gasteiger partial charge in [0, 0.05) is 30.6 Å². The molecule has 0 atom stereocenters. The predicted octanol–water partition coefficient (Wildman–Crippen LogP) is 3.65. The largest absolute Gasteiger partial charge is 0.371 e. The van der Waals surface area contributed by atoms with Crippen LogP contribution < -0.4 is 5.32 Å². The maximum absolute atomic E-state index is 8.48. The first-order valence-corrected chi connectivity index (χ1v) is 7.39. The molecule has 3 rings (SSSR count). The number of benzene rings is 1. The average Bonchev–Trinajstić information content (AvgIpc) is 2.62. The van der Waals surface area contributed by atoms with Crippen LogP contribution in [0.5, 0.6) is 0 Å². The van der Waals surface area contributed by atoms with Gasteiger partial charge in [-0.1, -0.05) is 41.9 Å². The minimum Gasteiger partial charge on any atom is -0.371 e. The van der Waals surface area contributed by atoms with E-state index in [0.29, 0.717) is 27.7 Å². The Morgan fingerprint density at radius 3 is 2.52 bits per heavy atom. The number of hydrogen-bond donors (Lipinski definition) is 2. The van der Waals surface area contributed by atoms with Gasteiger partial charge >= 0.3 is 0 Å². The lowest BCUT2D eigenvalue weighted by atomic mass is 10.0. The molecule has 23 heavy (non-hydrogen) atoms. The molecule has 0 radical (unpaired) electrons. The van der Waals surface area contributed by atoms with E-state index in [9.17, 15) is 0 Å². The van der Waals surface area contributed by atoms with Gasteiger partial charge in [-0.15, -0.1) is 10.2 Å². The van der Waals surface area contributed by atoms with Crippen molar-refractivity contribution in [2.24, 2.45) is 0 Å². The van der Waals surface area contributed by atoms with Gasteiger partial charge in [0.25, 0.3) is 0 Å². The third-order valence-electron chi connectivity index (χ3n) is 3.40. The first-order chi connectivity index (χ1) is 11.2. The van der Waals surface area contributed by atoms with Crippen molar-refractivity contribution in [1.29, 1.82) is 5.41 Å². The van der Waals surface area contributed by atoms with Crippen molar-refractivity contribution in [3.8, 4) is 11.3 Å². The van der Waals surface area contributed by atoms with Gasteiger partial charge in [0.15, 0.2) is 5.82 Å². The summed E-state index contributed by atoms with van der Waals surface area (Å²) >= 11 is 6.57. The summed E-state index contributed by atoms with van der Waals surface area (Å²) < 4.78 is 0. The van der Waals surface area contributed by atoms with E-state index >= 15 is 0 Å². The standard InChI is InChI=1S/C17H14ClN5/c1-20-17-13(15(19)12-8-5-9-21-10-12)14(18)16(22-23-17)11-6-3-2-4-7-11/h2-10,19H,1H3,(H,20,23). The van der Waals surface area contributed by atoms with Crippen LogP contribution in [-0.2, 0) is 0 Å². The number of rotatable bonds is 4. The van der Waals surface area contributed by atoms with Crippen molar-refractivity contribution in [3.63, 3.8) is 0 Å². The summed E-state index contributed by atoms with van der Waals surface area (Å²) in [5.41, 5.74) is 2.83. The third kappa shape index (κ3) is 2.91. The number of aromatic nitrogens is 3. The molecule has 5 nitrogen and oxygen atoms in total. The van der Waals surface area contributed by atoms with E-state index in [4.69, 9.17) is 17.0 Å². The molecule has 3 aromatic rings. The molecule has 1 aromatic carbocycles. The predicted molar refractivity (Wildman–Crippen MR) is 92.2 cm³/mol. The SMILES string of the molecule is CNc1nnc(-c2ccccc2)c(Cl)c1C(=N)c1cccnc1. The van der Waals surface area contributed by atoms with Crippen LogP contribution in [0.4, 0.5) is 5.82 Å². The Bertz CT molecular complexity index is 834. The minimum absolute atomic E-state index is 0.250. The second kappa shape index (κ2) is 6.54. The highest BCUT2D eigenvalue weighted by atomic mass is 35.5. The molecule has 0 aliphatic rings. The molecule has 0 aliphatic heterocycles. The van der Waals surface area contributed by atoms with Crippen molar-refractivity contribution in [3.05, 3.63) is 71.0 Å². The number of halogens is 1. The van der Waals surface area contributed by atoms with Crippen molar-refractivity contribution in [2.45, 2.75) is 0 Å². The third-order valence-corrected chi connectivity index (χ3v) is 3.77. The van der Waals surface area contributed by atoms with Crippen LogP contribution in [0, 0.1) is 5.41 Å². The van der Waals surface area contributed by atoms with Gasteiger partial charge in [-0.25, -0.2) is 0 Å². The van der Waals surface area contributed by atoms with Crippen molar-refractivity contribution in [1.82, 2.24) is 15.2 Å². The highest BCUT2D eigenvalue weighted by molar-refractivity contribution is 6.38. The zero-order valence-corrected chi connectivity index (χ0v) is 13.2. The summed E-state index contributed by atoms with van der Waals surface area (Å²) in [6.07, 6.45) is 3.29. The highest BCUT2D eigenvalue weighted by Crippen LogP contribution is 2.32. The first kappa shape index (κ1) is 15.1. The summed E-state index contributed by atoms with van der Waals surface area (Å²) in [4.78, 5) is 4.06. The zero-order chi connectivity index (χ0) is 16.2. The van der Waals surface area contributed by atoms with Gasteiger partial charge in [0.05, 0.1) is 16.3 Å². The molecule has 0 aliphatic carbocycles. The van der Waals surface area contributed by atoms with Crippen LogP contribution in [-0.4, -0.2) is 27.9 Å². The fourth-order valence-electron chi connectivity index (χ4n) is 2.25. The van der Waals surface area contributed by atoms with E-state index in [-0.39, 0.29) is 5.71 Å².